The summed E-state index contributed by atoms with van der Waals surface area (Å²) in [7, 11) is -2.36. The van der Waals surface area contributed by atoms with Crippen LogP contribution in [-0.4, -0.2) is 68.4 Å². The van der Waals surface area contributed by atoms with Crippen LogP contribution in [0.5, 0.6) is 5.75 Å². The summed E-state index contributed by atoms with van der Waals surface area (Å²) in [5.41, 5.74) is 2.22. The molecule has 2 aromatic carbocycles. The Morgan fingerprint density at radius 2 is 1.73 bits per heavy atom. The topological polar surface area (TPSA) is 95.9 Å². The molecule has 1 amide bonds. The zero-order chi connectivity index (χ0) is 23.0. The van der Waals surface area contributed by atoms with Gasteiger partial charge in [0, 0.05) is 44.8 Å². The number of ether oxygens (including phenoxy) is 1. The summed E-state index contributed by atoms with van der Waals surface area (Å²) in [5, 5.41) is 0. The third kappa shape index (κ3) is 4.00. The third-order valence-corrected chi connectivity index (χ3v) is 8.07. The molecule has 10 heteroatoms. The van der Waals surface area contributed by atoms with Crippen LogP contribution in [0.3, 0.4) is 0 Å². The van der Waals surface area contributed by atoms with E-state index in [1.54, 1.807) is 29.3 Å². The smallest absolute Gasteiger partial charge is 0.246 e. The molecule has 9 nitrogen and oxygen atoms in total. The molecule has 0 spiro atoms. The summed E-state index contributed by atoms with van der Waals surface area (Å²) in [5.74, 6) is 1.01. The van der Waals surface area contributed by atoms with Crippen molar-refractivity contribution < 1.29 is 17.9 Å². The molecular weight excluding hydrogens is 442 g/mol. The number of carbonyl (C=O) groups excluding carboxylic acids is 1. The van der Waals surface area contributed by atoms with Gasteiger partial charge in [-0.3, -0.25) is 9.78 Å². The lowest BCUT2D eigenvalue weighted by atomic mass is 10.3. The fourth-order valence-corrected chi connectivity index (χ4v) is 5.95. The van der Waals surface area contributed by atoms with Crippen LogP contribution < -0.4 is 14.5 Å². The van der Waals surface area contributed by atoms with E-state index in [1.165, 1.54) is 11.4 Å². The summed E-state index contributed by atoms with van der Waals surface area (Å²) >= 11 is 0. The molecule has 2 aliphatic heterocycles. The van der Waals surface area contributed by atoms with Gasteiger partial charge in [-0.15, -0.1) is 0 Å². The van der Waals surface area contributed by atoms with Crippen molar-refractivity contribution in [1.29, 1.82) is 0 Å². The number of fused-ring (bicyclic) bond motifs is 1. The Hall–Kier alpha value is -3.24. The molecule has 172 valence electrons. The van der Waals surface area contributed by atoms with Crippen LogP contribution in [0.1, 0.15) is 12.8 Å². The van der Waals surface area contributed by atoms with Crippen molar-refractivity contribution in [2.24, 2.45) is 0 Å². The maximum atomic E-state index is 13.5. The first-order chi connectivity index (χ1) is 16.0. The number of sulfonamides is 1. The average molecular weight is 468 g/mol. The molecule has 0 saturated carbocycles. The Labute approximate surface area is 192 Å². The minimum atomic E-state index is -3.81. The third-order valence-electron chi connectivity index (χ3n) is 6.15. The van der Waals surface area contributed by atoms with Gasteiger partial charge in [0.25, 0.3) is 0 Å². The first-order valence-electron chi connectivity index (χ1n) is 10.9. The number of para-hydroxylation sites is 2. The molecule has 0 bridgehead atoms. The van der Waals surface area contributed by atoms with Crippen molar-refractivity contribution >= 4 is 38.5 Å². The van der Waals surface area contributed by atoms with Gasteiger partial charge in [0.1, 0.15) is 16.5 Å². The highest BCUT2D eigenvalue weighted by Crippen LogP contribution is 2.33. The van der Waals surface area contributed by atoms with E-state index in [2.05, 4.69) is 9.97 Å². The minimum absolute atomic E-state index is 0.00798. The summed E-state index contributed by atoms with van der Waals surface area (Å²) in [6.07, 6.45) is 2.98. The Bertz CT molecular complexity index is 1310. The predicted octanol–water partition coefficient (Wildman–Crippen LogP) is 2.28. The van der Waals surface area contributed by atoms with E-state index in [1.807, 2.05) is 29.2 Å². The number of carbonyl (C=O) groups is 1. The van der Waals surface area contributed by atoms with Crippen molar-refractivity contribution in [2.75, 3.05) is 49.6 Å². The van der Waals surface area contributed by atoms with Gasteiger partial charge < -0.3 is 14.5 Å². The molecule has 33 heavy (non-hydrogen) atoms. The van der Waals surface area contributed by atoms with Crippen LogP contribution in [0.25, 0.3) is 11.0 Å². The molecule has 0 aliphatic carbocycles. The Morgan fingerprint density at radius 1 is 0.970 bits per heavy atom. The van der Waals surface area contributed by atoms with Crippen LogP contribution in [0.4, 0.5) is 11.5 Å². The highest BCUT2D eigenvalue weighted by molar-refractivity contribution is 7.89. The average Bonchev–Trinajstić information content (AvgIpc) is 3.29. The lowest BCUT2D eigenvalue weighted by Gasteiger charge is -2.34. The fourth-order valence-electron chi connectivity index (χ4n) is 4.35. The van der Waals surface area contributed by atoms with E-state index < -0.39 is 10.0 Å². The fraction of sp³-hybridized carbons (Fsp3) is 0.348. The highest BCUT2D eigenvalue weighted by atomic mass is 32.2. The van der Waals surface area contributed by atoms with Gasteiger partial charge in [0.2, 0.25) is 15.9 Å². The number of aromatic nitrogens is 2. The Kier molecular flexibility index (Phi) is 5.63. The van der Waals surface area contributed by atoms with Gasteiger partial charge in [-0.25, -0.2) is 13.4 Å². The number of benzene rings is 2. The number of methoxy groups -OCH3 is 1. The number of rotatable bonds is 5. The normalized spacial score (nSPS) is 17.7. The molecular formula is C23H25N5O4S. The van der Waals surface area contributed by atoms with E-state index in [0.717, 1.165) is 23.3 Å². The molecule has 0 unspecified atom stereocenters. The second kappa shape index (κ2) is 8.60. The van der Waals surface area contributed by atoms with Crippen LogP contribution in [0.2, 0.25) is 0 Å². The number of anilines is 2. The van der Waals surface area contributed by atoms with E-state index >= 15 is 0 Å². The molecule has 0 radical (unpaired) electrons. The number of nitrogens with zero attached hydrogens (tertiary/aromatic N) is 5. The second-order valence-electron chi connectivity index (χ2n) is 8.09. The SMILES string of the molecule is COc1ccc(N2CCCC2=O)cc1S(=O)(=O)N1CCN(c2cnc3ccccc3n2)CC1. The quantitative estimate of drug-likeness (QED) is 0.568. The molecule has 0 atom stereocenters. The molecule has 5 rings (SSSR count). The number of piperazine rings is 1. The zero-order valence-corrected chi connectivity index (χ0v) is 19.2. The highest BCUT2D eigenvalue weighted by Gasteiger charge is 2.33. The second-order valence-corrected chi connectivity index (χ2v) is 10.00. The maximum absolute atomic E-state index is 13.5. The van der Waals surface area contributed by atoms with Crippen LogP contribution in [0.15, 0.2) is 53.6 Å². The van der Waals surface area contributed by atoms with E-state index in [9.17, 15) is 13.2 Å². The summed E-state index contributed by atoms with van der Waals surface area (Å²) < 4.78 is 33.9. The van der Waals surface area contributed by atoms with Crippen molar-refractivity contribution in [1.82, 2.24) is 14.3 Å². The van der Waals surface area contributed by atoms with Gasteiger partial charge in [-0.05, 0) is 36.8 Å². The van der Waals surface area contributed by atoms with Crippen molar-refractivity contribution in [2.45, 2.75) is 17.7 Å². The van der Waals surface area contributed by atoms with Crippen molar-refractivity contribution in [3.8, 4) is 5.75 Å². The monoisotopic (exact) mass is 467 g/mol. The first kappa shape index (κ1) is 21.6. The molecule has 3 aromatic rings. The molecule has 0 N–H and O–H groups in total. The largest absolute Gasteiger partial charge is 0.495 e. The maximum Gasteiger partial charge on any atom is 0.246 e. The van der Waals surface area contributed by atoms with Gasteiger partial charge in [-0.1, -0.05) is 12.1 Å². The summed E-state index contributed by atoms with van der Waals surface area (Å²) in [6.45, 7) is 2.22. The zero-order valence-electron chi connectivity index (χ0n) is 18.3. The lowest BCUT2D eigenvalue weighted by molar-refractivity contribution is -0.117. The molecule has 2 saturated heterocycles. The number of hydrogen-bond acceptors (Lipinski definition) is 7. The standard InChI is InChI=1S/C23H25N5O4S/c1-32-20-9-8-17(28-10-4-7-23(28)29)15-21(20)33(30,31)27-13-11-26(12-14-27)22-16-24-18-5-2-3-6-19(18)25-22/h2-3,5-6,8-9,15-16H,4,7,10-14H2,1H3. The molecule has 2 fully saturated rings. The Morgan fingerprint density at radius 3 is 2.42 bits per heavy atom. The molecule has 2 aliphatic rings. The van der Waals surface area contributed by atoms with Gasteiger partial charge >= 0.3 is 0 Å². The predicted molar refractivity (Wildman–Crippen MR) is 125 cm³/mol. The van der Waals surface area contributed by atoms with Gasteiger partial charge in [0.15, 0.2) is 0 Å². The number of hydrogen-bond donors (Lipinski definition) is 0. The van der Waals surface area contributed by atoms with Gasteiger partial charge in [0.05, 0.1) is 24.3 Å². The Balaban J connectivity index is 1.37. The molecule has 1 aromatic heterocycles. The van der Waals surface area contributed by atoms with Gasteiger partial charge in [-0.2, -0.15) is 4.31 Å². The minimum Gasteiger partial charge on any atom is -0.495 e. The first-order valence-corrected chi connectivity index (χ1v) is 12.4. The van der Waals surface area contributed by atoms with Crippen LogP contribution in [0, 0.1) is 0 Å². The van der Waals surface area contributed by atoms with Crippen LogP contribution in [-0.2, 0) is 14.8 Å². The van der Waals surface area contributed by atoms with Crippen molar-refractivity contribution in [3.63, 3.8) is 0 Å². The number of amides is 1. The van der Waals surface area contributed by atoms with Crippen LogP contribution >= 0.6 is 0 Å². The summed E-state index contributed by atoms with van der Waals surface area (Å²) in [6, 6.07) is 12.6. The van der Waals surface area contributed by atoms with E-state index in [0.29, 0.717) is 44.8 Å². The van der Waals surface area contributed by atoms with Crippen molar-refractivity contribution in [3.05, 3.63) is 48.7 Å². The summed E-state index contributed by atoms with van der Waals surface area (Å²) in [4.78, 5) is 25.1. The van der Waals surface area contributed by atoms with E-state index in [-0.39, 0.29) is 16.6 Å². The molecule has 3 heterocycles. The van der Waals surface area contributed by atoms with E-state index in [4.69, 9.17) is 4.74 Å². The lowest BCUT2D eigenvalue weighted by Crippen LogP contribution is -2.49.